The van der Waals surface area contributed by atoms with Crippen LogP contribution in [0.4, 0.5) is 5.69 Å². The lowest BCUT2D eigenvalue weighted by atomic mass is 9.99. The fraction of sp³-hybridized carbons (Fsp3) is 0.533. The third-order valence-corrected chi connectivity index (χ3v) is 3.48. The lowest BCUT2D eigenvalue weighted by Gasteiger charge is -2.16. The van der Waals surface area contributed by atoms with E-state index in [0.29, 0.717) is 6.54 Å². The van der Waals surface area contributed by atoms with Gasteiger partial charge in [0.05, 0.1) is 0 Å². The van der Waals surface area contributed by atoms with Gasteiger partial charge in [0.25, 0.3) is 0 Å². The SMILES string of the molecule is CCC(CCCN)C(=O)Nc1cccc(C)c1C. The van der Waals surface area contributed by atoms with Crippen molar-refractivity contribution in [3.63, 3.8) is 0 Å². The van der Waals surface area contributed by atoms with Crippen molar-refractivity contribution in [1.29, 1.82) is 0 Å². The van der Waals surface area contributed by atoms with Crippen molar-refractivity contribution >= 4 is 11.6 Å². The highest BCUT2D eigenvalue weighted by Gasteiger charge is 2.16. The van der Waals surface area contributed by atoms with Gasteiger partial charge in [0, 0.05) is 11.6 Å². The van der Waals surface area contributed by atoms with Crippen LogP contribution >= 0.6 is 0 Å². The molecule has 0 aromatic heterocycles. The van der Waals surface area contributed by atoms with Crippen molar-refractivity contribution in [2.24, 2.45) is 11.7 Å². The first-order chi connectivity index (χ1) is 8.60. The lowest BCUT2D eigenvalue weighted by molar-refractivity contribution is -0.120. The summed E-state index contributed by atoms with van der Waals surface area (Å²) in [6.45, 7) is 6.78. The molecule has 3 nitrogen and oxygen atoms in total. The van der Waals surface area contributed by atoms with Gasteiger partial charge in [-0.3, -0.25) is 4.79 Å². The molecule has 1 rings (SSSR count). The fourth-order valence-electron chi connectivity index (χ4n) is 2.01. The van der Waals surface area contributed by atoms with Gasteiger partial charge in [0.1, 0.15) is 0 Å². The molecule has 0 aliphatic carbocycles. The smallest absolute Gasteiger partial charge is 0.227 e. The minimum absolute atomic E-state index is 0.0634. The maximum absolute atomic E-state index is 12.2. The summed E-state index contributed by atoms with van der Waals surface area (Å²) in [6, 6.07) is 5.98. The number of hydrogen-bond acceptors (Lipinski definition) is 2. The first-order valence-corrected chi connectivity index (χ1v) is 6.67. The number of amides is 1. The van der Waals surface area contributed by atoms with Crippen molar-refractivity contribution in [2.75, 3.05) is 11.9 Å². The Hall–Kier alpha value is -1.35. The zero-order valence-electron chi connectivity index (χ0n) is 11.6. The summed E-state index contributed by atoms with van der Waals surface area (Å²) in [7, 11) is 0. The minimum atomic E-state index is 0.0634. The summed E-state index contributed by atoms with van der Waals surface area (Å²) in [5, 5.41) is 3.03. The molecule has 0 radical (unpaired) electrons. The van der Waals surface area contributed by atoms with Crippen LogP contribution in [-0.2, 0) is 4.79 Å². The first-order valence-electron chi connectivity index (χ1n) is 6.67. The van der Waals surface area contributed by atoms with Crippen LogP contribution in [0, 0.1) is 19.8 Å². The highest BCUT2D eigenvalue weighted by atomic mass is 16.1. The van der Waals surface area contributed by atoms with E-state index in [4.69, 9.17) is 5.73 Å². The molecule has 0 spiro atoms. The van der Waals surface area contributed by atoms with Crippen molar-refractivity contribution < 1.29 is 4.79 Å². The molecule has 3 N–H and O–H groups in total. The zero-order valence-corrected chi connectivity index (χ0v) is 11.6. The number of nitrogens with two attached hydrogens (primary N) is 1. The maximum atomic E-state index is 12.2. The molecule has 1 amide bonds. The Morgan fingerprint density at radius 1 is 1.39 bits per heavy atom. The number of rotatable bonds is 6. The van der Waals surface area contributed by atoms with Crippen LogP contribution in [0.1, 0.15) is 37.3 Å². The Balaban J connectivity index is 2.70. The molecule has 18 heavy (non-hydrogen) atoms. The standard InChI is InChI=1S/C15H24N2O/c1-4-13(8-6-10-16)15(18)17-14-9-5-7-11(2)12(14)3/h5,7,9,13H,4,6,8,10,16H2,1-3H3,(H,17,18). The van der Waals surface area contributed by atoms with Crippen LogP contribution in [0.15, 0.2) is 18.2 Å². The normalized spacial score (nSPS) is 12.2. The van der Waals surface area contributed by atoms with Gasteiger partial charge in [-0.1, -0.05) is 19.1 Å². The molecule has 0 bridgehead atoms. The molecule has 1 aromatic rings. The van der Waals surface area contributed by atoms with E-state index in [2.05, 4.69) is 18.3 Å². The van der Waals surface area contributed by atoms with E-state index >= 15 is 0 Å². The largest absolute Gasteiger partial charge is 0.330 e. The Morgan fingerprint density at radius 3 is 2.72 bits per heavy atom. The van der Waals surface area contributed by atoms with E-state index in [9.17, 15) is 4.79 Å². The molecule has 1 aromatic carbocycles. The number of hydrogen-bond donors (Lipinski definition) is 2. The average Bonchev–Trinajstić information content (AvgIpc) is 2.36. The summed E-state index contributed by atoms with van der Waals surface area (Å²) < 4.78 is 0. The summed E-state index contributed by atoms with van der Waals surface area (Å²) in [5.74, 6) is 0.174. The van der Waals surface area contributed by atoms with Gasteiger partial charge in [-0.2, -0.15) is 0 Å². The highest BCUT2D eigenvalue weighted by molar-refractivity contribution is 5.93. The maximum Gasteiger partial charge on any atom is 0.227 e. The predicted molar refractivity (Wildman–Crippen MR) is 76.6 cm³/mol. The van der Waals surface area contributed by atoms with Crippen molar-refractivity contribution in [1.82, 2.24) is 0 Å². The Bertz CT molecular complexity index is 401. The Morgan fingerprint density at radius 2 is 2.11 bits per heavy atom. The second-order valence-electron chi connectivity index (χ2n) is 4.77. The van der Waals surface area contributed by atoms with E-state index in [-0.39, 0.29) is 11.8 Å². The molecule has 0 heterocycles. The summed E-state index contributed by atoms with van der Waals surface area (Å²) >= 11 is 0. The van der Waals surface area contributed by atoms with Crippen molar-refractivity contribution in [2.45, 2.75) is 40.0 Å². The first kappa shape index (κ1) is 14.7. The van der Waals surface area contributed by atoms with Gasteiger partial charge in [-0.05, 0) is 56.8 Å². The number of carbonyl (C=O) groups excluding carboxylic acids is 1. The Kier molecular flexibility index (Phi) is 5.86. The Labute approximate surface area is 110 Å². The molecular weight excluding hydrogens is 224 g/mol. The molecule has 100 valence electrons. The van der Waals surface area contributed by atoms with Crippen LogP contribution in [0.25, 0.3) is 0 Å². The predicted octanol–water partition coefficient (Wildman–Crippen LogP) is 3.01. The summed E-state index contributed by atoms with van der Waals surface area (Å²) in [5.41, 5.74) is 8.75. The van der Waals surface area contributed by atoms with E-state index in [1.807, 2.05) is 26.0 Å². The summed E-state index contributed by atoms with van der Waals surface area (Å²) in [6.07, 6.45) is 2.62. The van der Waals surface area contributed by atoms with Crippen molar-refractivity contribution in [3.8, 4) is 0 Å². The molecule has 0 saturated carbocycles. The second-order valence-corrected chi connectivity index (χ2v) is 4.77. The van der Waals surface area contributed by atoms with E-state index in [1.54, 1.807) is 0 Å². The van der Waals surface area contributed by atoms with Crippen LogP contribution in [-0.4, -0.2) is 12.5 Å². The minimum Gasteiger partial charge on any atom is -0.330 e. The zero-order chi connectivity index (χ0) is 13.5. The molecule has 1 unspecified atom stereocenters. The fourth-order valence-corrected chi connectivity index (χ4v) is 2.01. The van der Waals surface area contributed by atoms with Crippen LogP contribution in [0.2, 0.25) is 0 Å². The number of anilines is 1. The van der Waals surface area contributed by atoms with Gasteiger partial charge < -0.3 is 11.1 Å². The van der Waals surface area contributed by atoms with Gasteiger partial charge in [0.15, 0.2) is 0 Å². The topological polar surface area (TPSA) is 55.1 Å². The van der Waals surface area contributed by atoms with E-state index in [0.717, 1.165) is 30.5 Å². The number of nitrogens with one attached hydrogen (secondary N) is 1. The molecule has 0 fully saturated rings. The number of aryl methyl sites for hydroxylation is 1. The van der Waals surface area contributed by atoms with Crippen LogP contribution < -0.4 is 11.1 Å². The quantitative estimate of drug-likeness (QED) is 0.813. The van der Waals surface area contributed by atoms with E-state index < -0.39 is 0 Å². The molecule has 3 heteroatoms. The van der Waals surface area contributed by atoms with Gasteiger partial charge in [-0.15, -0.1) is 0 Å². The summed E-state index contributed by atoms with van der Waals surface area (Å²) in [4.78, 5) is 12.2. The van der Waals surface area contributed by atoms with E-state index in [1.165, 1.54) is 5.56 Å². The highest BCUT2D eigenvalue weighted by Crippen LogP contribution is 2.20. The van der Waals surface area contributed by atoms with Gasteiger partial charge in [-0.25, -0.2) is 0 Å². The molecule has 0 aliphatic heterocycles. The monoisotopic (exact) mass is 248 g/mol. The van der Waals surface area contributed by atoms with Crippen molar-refractivity contribution in [3.05, 3.63) is 29.3 Å². The lowest BCUT2D eigenvalue weighted by Crippen LogP contribution is -2.23. The van der Waals surface area contributed by atoms with Gasteiger partial charge in [0.2, 0.25) is 5.91 Å². The third kappa shape index (κ3) is 3.84. The third-order valence-electron chi connectivity index (χ3n) is 3.48. The average molecular weight is 248 g/mol. The van der Waals surface area contributed by atoms with Gasteiger partial charge >= 0.3 is 0 Å². The molecule has 0 saturated heterocycles. The van der Waals surface area contributed by atoms with Crippen LogP contribution in [0.5, 0.6) is 0 Å². The number of benzene rings is 1. The van der Waals surface area contributed by atoms with Crippen LogP contribution in [0.3, 0.4) is 0 Å². The molecule has 1 atom stereocenters. The molecule has 0 aliphatic rings. The molecular formula is C15H24N2O. The second kappa shape index (κ2) is 7.17. The number of carbonyl (C=O) groups is 1.